The third-order valence-electron chi connectivity index (χ3n) is 4.34. The molecular weight excluding hydrogens is 371 g/mol. The van der Waals surface area contributed by atoms with Crippen molar-refractivity contribution in [3.8, 4) is 0 Å². The van der Waals surface area contributed by atoms with Gasteiger partial charge in [-0.25, -0.2) is 8.42 Å². The van der Waals surface area contributed by atoms with Gasteiger partial charge in [-0.05, 0) is 37.0 Å². The topological polar surface area (TPSA) is 72.6 Å². The van der Waals surface area contributed by atoms with Crippen molar-refractivity contribution >= 4 is 34.0 Å². The van der Waals surface area contributed by atoms with E-state index in [1.807, 2.05) is 6.07 Å². The zero-order valence-corrected chi connectivity index (χ0v) is 16.5. The molecule has 0 aliphatic carbocycles. The maximum atomic E-state index is 13.1. The molecule has 24 heavy (non-hydrogen) atoms. The minimum Gasteiger partial charge on any atom is -0.381 e. The molecule has 0 spiro atoms. The molecule has 2 N–H and O–H groups in total. The lowest BCUT2D eigenvalue weighted by Gasteiger charge is -2.37. The summed E-state index contributed by atoms with van der Waals surface area (Å²) in [6.07, 6.45) is 3.10. The van der Waals surface area contributed by atoms with Gasteiger partial charge in [0.15, 0.2) is 0 Å². The molecule has 0 saturated carbocycles. The Balaban J connectivity index is 0.00000288. The van der Waals surface area contributed by atoms with Crippen molar-refractivity contribution in [2.24, 2.45) is 5.73 Å². The molecule has 8 heteroatoms. The molecule has 2 unspecified atom stereocenters. The number of aryl methyl sites for hydroxylation is 1. The van der Waals surface area contributed by atoms with Crippen molar-refractivity contribution in [1.82, 2.24) is 4.31 Å². The first-order valence-electron chi connectivity index (χ1n) is 7.97. The molecule has 0 amide bonds. The van der Waals surface area contributed by atoms with Gasteiger partial charge in [0.05, 0.1) is 11.1 Å². The summed E-state index contributed by atoms with van der Waals surface area (Å²) in [7, 11) is -2.01. The van der Waals surface area contributed by atoms with E-state index in [1.165, 1.54) is 4.31 Å². The molecule has 1 aliphatic heterocycles. The molecule has 1 aromatic carbocycles. The molecule has 1 aliphatic rings. The largest absolute Gasteiger partial charge is 0.381 e. The molecule has 1 saturated heterocycles. The first kappa shape index (κ1) is 21.7. The van der Waals surface area contributed by atoms with Crippen LogP contribution in [0.2, 0.25) is 5.02 Å². The third-order valence-corrected chi connectivity index (χ3v) is 6.77. The van der Waals surface area contributed by atoms with Crippen molar-refractivity contribution in [1.29, 1.82) is 0 Å². The molecule has 2 atom stereocenters. The maximum absolute atomic E-state index is 13.1. The number of halogens is 2. The molecule has 1 fully saturated rings. The van der Waals surface area contributed by atoms with Crippen molar-refractivity contribution in [2.75, 3.05) is 20.2 Å². The van der Waals surface area contributed by atoms with Crippen molar-refractivity contribution in [3.63, 3.8) is 0 Å². The van der Waals surface area contributed by atoms with Crippen LogP contribution in [0.1, 0.15) is 31.7 Å². The summed E-state index contributed by atoms with van der Waals surface area (Å²) >= 11 is 6.19. The zero-order valence-electron chi connectivity index (χ0n) is 14.1. The zero-order chi connectivity index (χ0) is 17.0. The quantitative estimate of drug-likeness (QED) is 0.801. The Morgan fingerprint density at radius 1 is 1.42 bits per heavy atom. The van der Waals surface area contributed by atoms with E-state index < -0.39 is 10.0 Å². The van der Waals surface area contributed by atoms with E-state index in [9.17, 15) is 8.42 Å². The Kier molecular flexibility index (Phi) is 8.45. The van der Waals surface area contributed by atoms with Gasteiger partial charge in [-0.15, -0.1) is 12.4 Å². The third kappa shape index (κ3) is 4.62. The van der Waals surface area contributed by atoms with E-state index in [0.717, 1.165) is 18.4 Å². The summed E-state index contributed by atoms with van der Waals surface area (Å²) in [4.78, 5) is 0.180. The smallest absolute Gasteiger partial charge is 0.244 e. The van der Waals surface area contributed by atoms with Crippen LogP contribution in [0.4, 0.5) is 0 Å². The first-order chi connectivity index (χ1) is 10.9. The van der Waals surface area contributed by atoms with Gasteiger partial charge in [0.25, 0.3) is 0 Å². The number of nitrogens with two attached hydrogens (primary N) is 1. The van der Waals surface area contributed by atoms with E-state index in [2.05, 4.69) is 6.92 Å². The lowest BCUT2D eigenvalue weighted by atomic mass is 10.0. The summed E-state index contributed by atoms with van der Waals surface area (Å²) in [5.41, 5.74) is 6.78. The summed E-state index contributed by atoms with van der Waals surface area (Å²) in [5.74, 6) is 0. The van der Waals surface area contributed by atoms with Gasteiger partial charge in [-0.1, -0.05) is 31.0 Å². The van der Waals surface area contributed by atoms with Crippen LogP contribution >= 0.6 is 24.0 Å². The van der Waals surface area contributed by atoms with Gasteiger partial charge in [-0.2, -0.15) is 4.31 Å². The predicted octanol–water partition coefficient (Wildman–Crippen LogP) is 2.84. The van der Waals surface area contributed by atoms with E-state index in [-0.39, 0.29) is 41.0 Å². The monoisotopic (exact) mass is 396 g/mol. The predicted molar refractivity (Wildman–Crippen MR) is 99.5 cm³/mol. The number of nitrogens with zero attached hydrogens (tertiary/aromatic N) is 1. The fourth-order valence-corrected chi connectivity index (χ4v) is 5.24. The van der Waals surface area contributed by atoms with E-state index in [1.54, 1.807) is 19.2 Å². The molecule has 0 bridgehead atoms. The number of ether oxygens (including phenoxy) is 1. The lowest BCUT2D eigenvalue weighted by Crippen LogP contribution is -2.51. The highest BCUT2D eigenvalue weighted by atomic mass is 35.5. The van der Waals surface area contributed by atoms with Gasteiger partial charge in [0.2, 0.25) is 10.0 Å². The maximum Gasteiger partial charge on any atom is 0.244 e. The highest BCUT2D eigenvalue weighted by Gasteiger charge is 2.37. The van der Waals surface area contributed by atoms with E-state index in [4.69, 9.17) is 22.1 Å². The van der Waals surface area contributed by atoms with Gasteiger partial charge in [0, 0.05) is 26.2 Å². The lowest BCUT2D eigenvalue weighted by molar-refractivity contribution is 0.0401. The average molecular weight is 397 g/mol. The normalized spacial score (nSPS) is 22.2. The molecule has 0 aromatic heterocycles. The second kappa shape index (κ2) is 9.36. The molecule has 1 heterocycles. The minimum atomic E-state index is -3.66. The Morgan fingerprint density at radius 2 is 2.12 bits per heavy atom. The fourth-order valence-electron chi connectivity index (χ4n) is 3.05. The number of benzene rings is 1. The van der Waals surface area contributed by atoms with Gasteiger partial charge < -0.3 is 10.5 Å². The minimum absolute atomic E-state index is 0. The Labute approximate surface area is 156 Å². The van der Waals surface area contributed by atoms with Crippen LogP contribution in [-0.4, -0.2) is 45.1 Å². The van der Waals surface area contributed by atoms with Crippen LogP contribution in [0.25, 0.3) is 0 Å². The Bertz CT molecular complexity index is 640. The number of rotatable bonds is 6. The number of methoxy groups -OCH3 is 1. The second-order valence-corrected chi connectivity index (χ2v) is 8.17. The average Bonchev–Trinajstić information content (AvgIpc) is 2.56. The highest BCUT2D eigenvalue weighted by Crippen LogP contribution is 2.31. The Morgan fingerprint density at radius 3 is 2.71 bits per heavy atom. The van der Waals surface area contributed by atoms with Gasteiger partial charge in [-0.3, -0.25) is 0 Å². The van der Waals surface area contributed by atoms with Gasteiger partial charge in [0.1, 0.15) is 4.90 Å². The van der Waals surface area contributed by atoms with Crippen LogP contribution < -0.4 is 5.73 Å². The number of hydrogen-bond acceptors (Lipinski definition) is 4. The van der Waals surface area contributed by atoms with E-state index >= 15 is 0 Å². The molecule has 138 valence electrons. The molecule has 0 radical (unpaired) electrons. The first-order valence-corrected chi connectivity index (χ1v) is 9.79. The van der Waals surface area contributed by atoms with Gasteiger partial charge >= 0.3 is 0 Å². The van der Waals surface area contributed by atoms with Crippen LogP contribution in [0, 0.1) is 0 Å². The number of sulfonamides is 1. The Hall–Kier alpha value is -0.370. The van der Waals surface area contributed by atoms with Crippen molar-refractivity contribution in [2.45, 2.75) is 49.6 Å². The number of piperidine rings is 1. The summed E-state index contributed by atoms with van der Waals surface area (Å²) in [6, 6.07) is 4.97. The number of hydrogen-bond donors (Lipinski definition) is 1. The molecular formula is C16H26Cl2N2O3S. The molecule has 1 aromatic rings. The SMILES string of the molecule is CCCc1ccc(Cl)c(S(=O)(=O)N2CCC(OC)CC2CN)c1.Cl. The molecule has 5 nitrogen and oxygen atoms in total. The standard InChI is InChI=1S/C16H25ClN2O3S.ClH/c1-3-4-12-5-6-15(17)16(9-12)23(20,21)19-8-7-14(22-2)10-13(19)11-18;/h5-6,9,13-14H,3-4,7-8,10-11,18H2,1-2H3;1H. The second-order valence-electron chi connectivity index (χ2n) is 5.90. The van der Waals surface area contributed by atoms with E-state index in [0.29, 0.717) is 19.4 Å². The fraction of sp³-hybridized carbons (Fsp3) is 0.625. The van der Waals surface area contributed by atoms with Crippen LogP contribution in [0.3, 0.4) is 0 Å². The van der Waals surface area contributed by atoms with Crippen LogP contribution in [0.15, 0.2) is 23.1 Å². The van der Waals surface area contributed by atoms with Crippen molar-refractivity contribution < 1.29 is 13.2 Å². The summed E-state index contributed by atoms with van der Waals surface area (Å²) in [6.45, 7) is 2.73. The molecule has 2 rings (SSSR count). The van der Waals surface area contributed by atoms with Crippen molar-refractivity contribution in [3.05, 3.63) is 28.8 Å². The van der Waals surface area contributed by atoms with Crippen LogP contribution in [-0.2, 0) is 21.2 Å². The highest BCUT2D eigenvalue weighted by molar-refractivity contribution is 7.89. The summed E-state index contributed by atoms with van der Waals surface area (Å²) < 4.78 is 33.0. The van der Waals surface area contributed by atoms with Crippen LogP contribution in [0.5, 0.6) is 0 Å². The summed E-state index contributed by atoms with van der Waals surface area (Å²) in [5, 5.41) is 0.259.